The van der Waals surface area contributed by atoms with E-state index < -0.39 is 15.4 Å². The molecule has 0 bridgehead atoms. The van der Waals surface area contributed by atoms with Crippen molar-refractivity contribution in [1.82, 2.24) is 4.31 Å². The smallest absolute Gasteiger partial charge is 0.207 e. The van der Waals surface area contributed by atoms with E-state index in [9.17, 15) is 8.42 Å². The van der Waals surface area contributed by atoms with Crippen LogP contribution < -0.4 is 0 Å². The molecule has 108 valence electrons. The molecule has 20 heavy (non-hydrogen) atoms. The Labute approximate surface area is 136 Å². The van der Waals surface area contributed by atoms with E-state index in [4.69, 9.17) is 5.26 Å². The number of benzene rings is 1. The molecule has 2 rings (SSSR count). The van der Waals surface area contributed by atoms with Crippen LogP contribution in [0.3, 0.4) is 0 Å². The number of rotatable bonds is 2. The Morgan fingerprint density at radius 2 is 1.90 bits per heavy atom. The van der Waals surface area contributed by atoms with Gasteiger partial charge in [0.2, 0.25) is 10.0 Å². The van der Waals surface area contributed by atoms with Crippen LogP contribution in [0.1, 0.15) is 19.8 Å². The molecule has 1 aromatic carbocycles. The lowest BCUT2D eigenvalue weighted by Gasteiger charge is -2.34. The van der Waals surface area contributed by atoms with E-state index in [1.165, 1.54) is 4.31 Å². The van der Waals surface area contributed by atoms with E-state index in [1.807, 2.05) is 6.92 Å². The maximum Gasteiger partial charge on any atom is 0.244 e. The van der Waals surface area contributed by atoms with Crippen LogP contribution in [-0.4, -0.2) is 25.8 Å². The van der Waals surface area contributed by atoms with Crippen LogP contribution in [0.2, 0.25) is 0 Å². The number of nitrogens with zero attached hydrogens (tertiary/aromatic N) is 2. The molecular weight excluding hydrogens is 408 g/mol. The minimum Gasteiger partial charge on any atom is -0.207 e. The average molecular weight is 422 g/mol. The Balaban J connectivity index is 2.29. The third-order valence-corrected chi connectivity index (χ3v) is 6.99. The van der Waals surface area contributed by atoms with Gasteiger partial charge in [0.25, 0.3) is 0 Å². The van der Waals surface area contributed by atoms with E-state index in [-0.39, 0.29) is 4.90 Å². The van der Waals surface area contributed by atoms with Gasteiger partial charge in [-0.25, -0.2) is 8.42 Å². The second-order valence-corrected chi connectivity index (χ2v) is 8.83. The van der Waals surface area contributed by atoms with Gasteiger partial charge in [-0.1, -0.05) is 15.9 Å². The molecule has 1 aliphatic rings. The van der Waals surface area contributed by atoms with E-state index in [0.717, 1.165) is 4.47 Å². The SMILES string of the molecule is CC1(C#N)CCN(S(=O)(=O)c2cc(Br)ccc2Br)CC1. The Hall–Kier alpha value is -0.420. The number of hydrogen-bond acceptors (Lipinski definition) is 3. The molecule has 1 fully saturated rings. The first-order valence-electron chi connectivity index (χ1n) is 6.15. The van der Waals surface area contributed by atoms with Crippen molar-refractivity contribution in [2.75, 3.05) is 13.1 Å². The van der Waals surface area contributed by atoms with Gasteiger partial charge in [0.05, 0.1) is 16.4 Å². The van der Waals surface area contributed by atoms with Crippen LogP contribution in [-0.2, 0) is 10.0 Å². The fourth-order valence-electron chi connectivity index (χ4n) is 2.15. The second kappa shape index (κ2) is 5.76. The van der Waals surface area contributed by atoms with Crippen LogP contribution in [0.15, 0.2) is 32.0 Å². The lowest BCUT2D eigenvalue weighted by Crippen LogP contribution is -2.41. The molecule has 0 amide bonds. The van der Waals surface area contributed by atoms with E-state index in [2.05, 4.69) is 37.9 Å². The Morgan fingerprint density at radius 3 is 2.45 bits per heavy atom. The fraction of sp³-hybridized carbons (Fsp3) is 0.462. The molecule has 4 nitrogen and oxygen atoms in total. The highest BCUT2D eigenvalue weighted by atomic mass is 79.9. The van der Waals surface area contributed by atoms with Gasteiger partial charge in [0, 0.05) is 22.0 Å². The highest BCUT2D eigenvalue weighted by Crippen LogP contribution is 2.34. The van der Waals surface area contributed by atoms with Gasteiger partial charge < -0.3 is 0 Å². The van der Waals surface area contributed by atoms with Crippen molar-refractivity contribution in [3.63, 3.8) is 0 Å². The fourth-order valence-corrected chi connectivity index (χ4v) is 5.05. The molecular formula is C13H14Br2N2O2S. The first-order chi connectivity index (χ1) is 9.28. The lowest BCUT2D eigenvalue weighted by molar-refractivity contribution is 0.232. The normalized spacial score (nSPS) is 19.5. The summed E-state index contributed by atoms with van der Waals surface area (Å²) in [6.45, 7) is 2.64. The summed E-state index contributed by atoms with van der Waals surface area (Å²) in [5.41, 5.74) is -0.416. The second-order valence-electron chi connectivity index (χ2n) is 5.15. The summed E-state index contributed by atoms with van der Waals surface area (Å²) in [5.74, 6) is 0. The van der Waals surface area contributed by atoms with Crippen molar-refractivity contribution in [2.24, 2.45) is 5.41 Å². The molecule has 1 aliphatic heterocycles. The zero-order valence-electron chi connectivity index (χ0n) is 10.9. The van der Waals surface area contributed by atoms with Crippen molar-refractivity contribution in [2.45, 2.75) is 24.7 Å². The molecule has 1 saturated heterocycles. The maximum absolute atomic E-state index is 12.7. The minimum absolute atomic E-state index is 0.257. The van der Waals surface area contributed by atoms with E-state index in [1.54, 1.807) is 18.2 Å². The molecule has 0 aromatic heterocycles. The molecule has 0 aliphatic carbocycles. The monoisotopic (exact) mass is 420 g/mol. The molecule has 0 atom stereocenters. The number of nitriles is 1. The zero-order chi connectivity index (χ0) is 15.0. The van der Waals surface area contributed by atoms with Crippen LogP contribution in [0.25, 0.3) is 0 Å². The summed E-state index contributed by atoms with van der Waals surface area (Å²) in [6.07, 6.45) is 1.13. The van der Waals surface area contributed by atoms with Gasteiger partial charge in [-0.2, -0.15) is 9.57 Å². The quantitative estimate of drug-likeness (QED) is 0.733. The minimum atomic E-state index is -3.53. The average Bonchev–Trinajstić information content (AvgIpc) is 2.42. The highest BCUT2D eigenvalue weighted by Gasteiger charge is 2.36. The zero-order valence-corrected chi connectivity index (χ0v) is 14.9. The van der Waals surface area contributed by atoms with Gasteiger partial charge in [-0.15, -0.1) is 0 Å². The Morgan fingerprint density at radius 1 is 1.30 bits per heavy atom. The van der Waals surface area contributed by atoms with Crippen molar-refractivity contribution in [3.8, 4) is 6.07 Å². The van der Waals surface area contributed by atoms with Gasteiger partial charge in [-0.3, -0.25) is 0 Å². The van der Waals surface area contributed by atoms with Crippen molar-refractivity contribution in [1.29, 1.82) is 5.26 Å². The molecule has 7 heteroatoms. The number of sulfonamides is 1. The van der Waals surface area contributed by atoms with Gasteiger partial charge in [0.15, 0.2) is 0 Å². The van der Waals surface area contributed by atoms with Crippen molar-refractivity contribution in [3.05, 3.63) is 27.1 Å². The summed E-state index contributed by atoms with van der Waals surface area (Å²) in [5, 5.41) is 9.11. The number of hydrogen-bond donors (Lipinski definition) is 0. The predicted molar refractivity (Wildman–Crippen MR) is 83.6 cm³/mol. The topological polar surface area (TPSA) is 61.2 Å². The molecule has 0 unspecified atom stereocenters. The first-order valence-corrected chi connectivity index (χ1v) is 9.18. The highest BCUT2D eigenvalue weighted by molar-refractivity contribution is 9.11. The Kier molecular flexibility index (Phi) is 4.59. The Bertz CT molecular complexity index is 659. The van der Waals surface area contributed by atoms with E-state index in [0.29, 0.717) is 30.4 Å². The molecule has 0 saturated carbocycles. The molecule has 1 heterocycles. The van der Waals surface area contributed by atoms with Crippen LogP contribution in [0.4, 0.5) is 0 Å². The van der Waals surface area contributed by atoms with Crippen LogP contribution in [0.5, 0.6) is 0 Å². The first kappa shape index (κ1) is 16.0. The van der Waals surface area contributed by atoms with Crippen molar-refractivity contribution >= 4 is 41.9 Å². The number of piperidine rings is 1. The number of halogens is 2. The van der Waals surface area contributed by atoms with Crippen molar-refractivity contribution < 1.29 is 8.42 Å². The summed E-state index contributed by atoms with van der Waals surface area (Å²) < 4.78 is 28.0. The molecule has 1 aromatic rings. The summed E-state index contributed by atoms with van der Waals surface area (Å²) in [6, 6.07) is 7.36. The summed E-state index contributed by atoms with van der Waals surface area (Å²) >= 11 is 6.59. The predicted octanol–water partition coefficient (Wildman–Crippen LogP) is 3.53. The maximum atomic E-state index is 12.7. The lowest BCUT2D eigenvalue weighted by atomic mass is 9.83. The largest absolute Gasteiger partial charge is 0.244 e. The van der Waals surface area contributed by atoms with Gasteiger partial charge in [0.1, 0.15) is 0 Å². The third kappa shape index (κ3) is 3.08. The molecule has 0 spiro atoms. The van der Waals surface area contributed by atoms with Gasteiger partial charge in [-0.05, 0) is 53.9 Å². The van der Waals surface area contributed by atoms with Crippen LogP contribution in [0, 0.1) is 16.7 Å². The molecule has 0 radical (unpaired) electrons. The summed E-state index contributed by atoms with van der Waals surface area (Å²) in [7, 11) is -3.53. The standard InChI is InChI=1S/C13H14Br2N2O2S/c1-13(9-16)4-6-17(7-5-13)20(18,19)12-8-10(14)2-3-11(12)15/h2-3,8H,4-7H2,1H3. The summed E-state index contributed by atoms with van der Waals surface area (Å²) in [4.78, 5) is 0.257. The third-order valence-electron chi connectivity index (χ3n) is 3.61. The van der Waals surface area contributed by atoms with Gasteiger partial charge >= 0.3 is 0 Å². The van der Waals surface area contributed by atoms with Crippen LogP contribution >= 0.6 is 31.9 Å². The molecule has 0 N–H and O–H groups in total. The van der Waals surface area contributed by atoms with E-state index >= 15 is 0 Å².